The Kier molecular flexibility index (Phi) is 5.72. The Morgan fingerprint density at radius 2 is 2.31 bits per heavy atom. The zero-order chi connectivity index (χ0) is 11.8. The number of methoxy groups -OCH3 is 1. The highest BCUT2D eigenvalue weighted by Gasteiger charge is 1.95. The number of thioether (sulfide) groups is 1. The van der Waals surface area contributed by atoms with Crippen molar-refractivity contribution >= 4 is 23.8 Å². The third-order valence-electron chi connectivity index (χ3n) is 1.99. The van der Waals surface area contributed by atoms with Crippen molar-refractivity contribution in [3.63, 3.8) is 0 Å². The fourth-order valence-electron chi connectivity index (χ4n) is 1.25. The van der Waals surface area contributed by atoms with Crippen LogP contribution in [0.15, 0.2) is 35.2 Å². The van der Waals surface area contributed by atoms with Crippen LogP contribution in [0, 0.1) is 0 Å². The highest BCUT2D eigenvalue weighted by Crippen LogP contribution is 2.19. The van der Waals surface area contributed by atoms with E-state index in [0.717, 1.165) is 11.3 Å². The molecule has 3 heteroatoms. The normalized spacial score (nSPS) is 10.6. The summed E-state index contributed by atoms with van der Waals surface area (Å²) in [5, 5.41) is 0. The van der Waals surface area contributed by atoms with Gasteiger partial charge in [0.2, 0.25) is 0 Å². The minimum atomic E-state index is -0.213. The van der Waals surface area contributed by atoms with E-state index < -0.39 is 0 Å². The lowest BCUT2D eigenvalue weighted by Crippen LogP contribution is -1.96. The largest absolute Gasteiger partial charge is 0.469 e. The molecule has 0 spiro atoms. The van der Waals surface area contributed by atoms with E-state index >= 15 is 0 Å². The first-order chi connectivity index (χ1) is 7.76. The zero-order valence-corrected chi connectivity index (χ0v) is 10.4. The minimum Gasteiger partial charge on any atom is -0.469 e. The molecule has 0 heterocycles. The van der Waals surface area contributed by atoms with Crippen LogP contribution >= 0.6 is 11.8 Å². The molecule has 0 N–H and O–H groups in total. The first-order valence-corrected chi connectivity index (χ1v) is 6.21. The third kappa shape index (κ3) is 4.53. The molecule has 0 fully saturated rings. The van der Waals surface area contributed by atoms with Crippen molar-refractivity contribution in [2.45, 2.75) is 18.2 Å². The van der Waals surface area contributed by atoms with Gasteiger partial charge in [-0.1, -0.05) is 31.2 Å². The molecule has 0 aliphatic heterocycles. The molecule has 0 aliphatic carbocycles. The molecule has 86 valence electrons. The lowest BCUT2D eigenvalue weighted by atomic mass is 10.2. The van der Waals surface area contributed by atoms with E-state index in [2.05, 4.69) is 23.8 Å². The number of hydrogen-bond donors (Lipinski definition) is 0. The average molecular weight is 236 g/mol. The number of rotatable bonds is 5. The Morgan fingerprint density at radius 3 is 3.00 bits per heavy atom. The fraction of sp³-hybridized carbons (Fsp3) is 0.308. The monoisotopic (exact) mass is 236 g/mol. The third-order valence-corrected chi connectivity index (χ3v) is 2.87. The highest BCUT2D eigenvalue weighted by atomic mass is 32.2. The van der Waals surface area contributed by atoms with Crippen molar-refractivity contribution in [1.29, 1.82) is 0 Å². The highest BCUT2D eigenvalue weighted by molar-refractivity contribution is 7.99. The number of esters is 1. The number of ether oxygens (including phenoxy) is 1. The van der Waals surface area contributed by atoms with Crippen LogP contribution in [0.3, 0.4) is 0 Å². The minimum absolute atomic E-state index is 0.213. The molecule has 2 nitrogen and oxygen atoms in total. The Labute approximate surface area is 101 Å². The maximum Gasteiger partial charge on any atom is 0.309 e. The molecular formula is C13H16O2S. The van der Waals surface area contributed by atoms with Gasteiger partial charge in [-0.3, -0.25) is 4.79 Å². The lowest BCUT2D eigenvalue weighted by molar-refractivity contribution is -0.139. The first-order valence-electron chi connectivity index (χ1n) is 5.22. The van der Waals surface area contributed by atoms with Gasteiger partial charge in [0.25, 0.3) is 0 Å². The summed E-state index contributed by atoms with van der Waals surface area (Å²) in [5.74, 6) is 0.852. The molecule has 0 unspecified atom stereocenters. The maximum atomic E-state index is 10.9. The Morgan fingerprint density at radius 1 is 1.50 bits per heavy atom. The van der Waals surface area contributed by atoms with Crippen molar-refractivity contribution in [3.05, 3.63) is 35.9 Å². The van der Waals surface area contributed by atoms with Crippen molar-refractivity contribution in [2.24, 2.45) is 0 Å². The van der Waals surface area contributed by atoms with Crippen LogP contribution in [-0.4, -0.2) is 18.8 Å². The van der Waals surface area contributed by atoms with Gasteiger partial charge in [0.1, 0.15) is 0 Å². The molecule has 0 atom stereocenters. The second kappa shape index (κ2) is 7.12. The Balaban J connectivity index is 2.59. The van der Waals surface area contributed by atoms with Crippen LogP contribution in [0.5, 0.6) is 0 Å². The second-order valence-electron chi connectivity index (χ2n) is 3.19. The summed E-state index contributed by atoms with van der Waals surface area (Å²) in [6, 6.07) is 8.25. The number of benzene rings is 1. The predicted molar refractivity (Wildman–Crippen MR) is 68.5 cm³/mol. The number of carbonyl (C=O) groups is 1. The summed E-state index contributed by atoms with van der Waals surface area (Å²) in [7, 11) is 1.40. The summed E-state index contributed by atoms with van der Waals surface area (Å²) in [6.07, 6.45) is 4.08. The van der Waals surface area contributed by atoms with E-state index in [4.69, 9.17) is 0 Å². The lowest BCUT2D eigenvalue weighted by Gasteiger charge is -1.99. The Hall–Kier alpha value is -1.22. The van der Waals surface area contributed by atoms with Gasteiger partial charge in [-0.15, -0.1) is 11.8 Å². The van der Waals surface area contributed by atoms with Gasteiger partial charge in [-0.05, 0) is 23.4 Å². The van der Waals surface area contributed by atoms with Crippen LogP contribution in [0.25, 0.3) is 6.08 Å². The molecule has 0 amide bonds. The van der Waals surface area contributed by atoms with Crippen LogP contribution in [0.1, 0.15) is 18.9 Å². The van der Waals surface area contributed by atoms with Crippen LogP contribution in [-0.2, 0) is 9.53 Å². The second-order valence-corrected chi connectivity index (χ2v) is 4.53. The van der Waals surface area contributed by atoms with Crippen LogP contribution in [0.2, 0.25) is 0 Å². The van der Waals surface area contributed by atoms with E-state index in [1.165, 1.54) is 12.0 Å². The first kappa shape index (κ1) is 12.8. The topological polar surface area (TPSA) is 26.3 Å². The molecular weight excluding hydrogens is 220 g/mol. The van der Waals surface area contributed by atoms with Crippen molar-refractivity contribution in [1.82, 2.24) is 0 Å². The van der Waals surface area contributed by atoms with Crippen LogP contribution < -0.4 is 0 Å². The molecule has 0 radical (unpaired) electrons. The van der Waals surface area contributed by atoms with E-state index in [-0.39, 0.29) is 5.97 Å². The van der Waals surface area contributed by atoms with Gasteiger partial charge in [0, 0.05) is 4.90 Å². The summed E-state index contributed by atoms with van der Waals surface area (Å²) < 4.78 is 4.56. The zero-order valence-electron chi connectivity index (χ0n) is 9.60. The molecule has 0 bridgehead atoms. The van der Waals surface area contributed by atoms with Gasteiger partial charge < -0.3 is 4.74 Å². The predicted octanol–water partition coefficient (Wildman–Crippen LogP) is 3.37. The summed E-state index contributed by atoms with van der Waals surface area (Å²) in [6.45, 7) is 2.13. The molecule has 0 saturated carbocycles. The van der Waals surface area contributed by atoms with Gasteiger partial charge in [0.05, 0.1) is 13.5 Å². The van der Waals surface area contributed by atoms with E-state index in [1.807, 2.05) is 36.0 Å². The van der Waals surface area contributed by atoms with Gasteiger partial charge in [-0.2, -0.15) is 0 Å². The molecule has 16 heavy (non-hydrogen) atoms. The molecule has 1 rings (SSSR count). The van der Waals surface area contributed by atoms with Crippen molar-refractivity contribution in [3.8, 4) is 0 Å². The Bertz CT molecular complexity index is 372. The molecule has 1 aromatic rings. The molecule has 0 saturated heterocycles. The van der Waals surface area contributed by atoms with E-state index in [1.54, 1.807) is 0 Å². The molecule has 0 aliphatic rings. The smallest absolute Gasteiger partial charge is 0.309 e. The number of carbonyl (C=O) groups excluding carboxylic acids is 1. The molecule has 1 aromatic carbocycles. The van der Waals surface area contributed by atoms with Crippen molar-refractivity contribution in [2.75, 3.05) is 12.9 Å². The molecule has 0 aromatic heterocycles. The number of hydrogen-bond acceptors (Lipinski definition) is 3. The SMILES string of the molecule is CCSc1cccc(C=CCC(=O)OC)c1. The summed E-state index contributed by atoms with van der Waals surface area (Å²) in [5.41, 5.74) is 1.11. The average Bonchev–Trinajstić information content (AvgIpc) is 2.30. The quantitative estimate of drug-likeness (QED) is 0.579. The van der Waals surface area contributed by atoms with E-state index in [9.17, 15) is 4.79 Å². The fourth-order valence-corrected chi connectivity index (χ4v) is 1.98. The van der Waals surface area contributed by atoms with E-state index in [0.29, 0.717) is 6.42 Å². The van der Waals surface area contributed by atoms with Gasteiger partial charge in [-0.25, -0.2) is 0 Å². The van der Waals surface area contributed by atoms with Crippen LogP contribution in [0.4, 0.5) is 0 Å². The maximum absolute atomic E-state index is 10.9. The summed E-state index contributed by atoms with van der Waals surface area (Å²) >= 11 is 1.81. The van der Waals surface area contributed by atoms with Crippen molar-refractivity contribution < 1.29 is 9.53 Å². The van der Waals surface area contributed by atoms with Gasteiger partial charge >= 0.3 is 5.97 Å². The standard InChI is InChI=1S/C13H16O2S/c1-3-16-12-8-4-6-11(10-12)7-5-9-13(14)15-2/h4-8,10H,3,9H2,1-2H3. The van der Waals surface area contributed by atoms with Gasteiger partial charge in [0.15, 0.2) is 0 Å². The summed E-state index contributed by atoms with van der Waals surface area (Å²) in [4.78, 5) is 12.1.